The Balaban J connectivity index is 1.86. The normalized spacial score (nSPS) is 14.7. The van der Waals surface area contributed by atoms with E-state index in [1.807, 2.05) is 39.8 Å². The highest BCUT2D eigenvalue weighted by Gasteiger charge is 2.23. The molecular weight excluding hydrogens is 398 g/mol. The lowest BCUT2D eigenvalue weighted by molar-refractivity contribution is 0.0544. The van der Waals surface area contributed by atoms with Gasteiger partial charge in [-0.25, -0.2) is 4.79 Å². The Morgan fingerprint density at radius 1 is 1.31 bits per heavy atom. The van der Waals surface area contributed by atoms with E-state index >= 15 is 0 Å². The van der Waals surface area contributed by atoms with Crippen LogP contribution in [0.5, 0.6) is 5.75 Å². The van der Waals surface area contributed by atoms with E-state index in [-0.39, 0.29) is 6.09 Å². The summed E-state index contributed by atoms with van der Waals surface area (Å²) in [6, 6.07) is 3.92. The maximum atomic E-state index is 12.5. The predicted molar refractivity (Wildman–Crippen MR) is 105 cm³/mol. The monoisotopic (exact) mass is 423 g/mol. The van der Waals surface area contributed by atoms with Gasteiger partial charge in [-0.05, 0) is 58.2 Å². The van der Waals surface area contributed by atoms with Crippen LogP contribution in [0.2, 0.25) is 0 Å². The van der Waals surface area contributed by atoms with Crippen LogP contribution in [0, 0.1) is 6.92 Å². The summed E-state index contributed by atoms with van der Waals surface area (Å²) in [5.74, 6) is 0.827. The van der Waals surface area contributed by atoms with Crippen molar-refractivity contribution in [3.05, 3.63) is 29.5 Å². The molecular formula is C20H26BrNO4. The van der Waals surface area contributed by atoms with E-state index in [2.05, 4.69) is 15.9 Å². The number of nitrogens with zero attached hydrogens (tertiary/aromatic N) is 1. The number of benzene rings is 1. The van der Waals surface area contributed by atoms with Gasteiger partial charge in [0.2, 0.25) is 0 Å². The average Bonchev–Trinajstić information content (AvgIpc) is 3.26. The molecule has 0 radical (unpaired) electrons. The summed E-state index contributed by atoms with van der Waals surface area (Å²) in [5, 5.41) is 1.63. The molecule has 5 nitrogen and oxygen atoms in total. The molecule has 1 fully saturated rings. The highest BCUT2D eigenvalue weighted by molar-refractivity contribution is 9.08. The third kappa shape index (κ3) is 4.41. The second-order valence-corrected chi connectivity index (χ2v) is 8.21. The lowest BCUT2D eigenvalue weighted by atomic mass is 10.1. The molecule has 6 heteroatoms. The molecule has 0 unspecified atom stereocenters. The van der Waals surface area contributed by atoms with Crippen LogP contribution in [0.3, 0.4) is 0 Å². The van der Waals surface area contributed by atoms with Crippen LogP contribution in [-0.4, -0.2) is 35.6 Å². The highest BCUT2D eigenvalue weighted by Crippen LogP contribution is 2.34. The zero-order valence-electron chi connectivity index (χ0n) is 15.8. The molecule has 1 aliphatic carbocycles. The Labute approximate surface area is 162 Å². The molecule has 2 aromatic rings. The summed E-state index contributed by atoms with van der Waals surface area (Å²) in [6.45, 7) is 8.69. The van der Waals surface area contributed by atoms with Crippen LogP contribution in [0.25, 0.3) is 10.9 Å². The number of alkyl halides is 1. The zero-order valence-corrected chi connectivity index (χ0v) is 17.4. The molecule has 142 valence electrons. The molecule has 0 N–H and O–H groups in total. The van der Waals surface area contributed by atoms with Crippen molar-refractivity contribution in [3.63, 3.8) is 0 Å². The van der Waals surface area contributed by atoms with Crippen molar-refractivity contribution >= 4 is 32.9 Å². The third-order valence-corrected chi connectivity index (χ3v) is 4.73. The molecule has 1 aromatic heterocycles. The fourth-order valence-corrected chi connectivity index (χ4v) is 3.47. The van der Waals surface area contributed by atoms with E-state index in [4.69, 9.17) is 14.2 Å². The molecule has 0 atom stereocenters. The lowest BCUT2D eigenvalue weighted by Crippen LogP contribution is -2.26. The van der Waals surface area contributed by atoms with Crippen molar-refractivity contribution in [2.75, 3.05) is 13.2 Å². The van der Waals surface area contributed by atoms with Gasteiger partial charge in [0.05, 0.1) is 18.2 Å². The van der Waals surface area contributed by atoms with Crippen molar-refractivity contribution in [2.45, 2.75) is 57.6 Å². The Morgan fingerprint density at radius 3 is 2.65 bits per heavy atom. The predicted octanol–water partition coefficient (Wildman–Crippen LogP) is 5.19. The minimum absolute atomic E-state index is 0.373. The largest absolute Gasteiger partial charge is 0.491 e. The van der Waals surface area contributed by atoms with Crippen LogP contribution in [0.1, 0.15) is 44.7 Å². The minimum atomic E-state index is -0.537. The first-order valence-electron chi connectivity index (χ1n) is 8.97. The van der Waals surface area contributed by atoms with Crippen LogP contribution in [-0.2, 0) is 14.8 Å². The van der Waals surface area contributed by atoms with Gasteiger partial charge in [-0.2, -0.15) is 0 Å². The van der Waals surface area contributed by atoms with Crippen LogP contribution in [0.15, 0.2) is 18.3 Å². The second-order valence-electron chi connectivity index (χ2n) is 7.65. The second kappa shape index (κ2) is 7.61. The lowest BCUT2D eigenvalue weighted by Gasteiger charge is -2.20. The van der Waals surface area contributed by atoms with Gasteiger partial charge in [0, 0.05) is 22.5 Å². The van der Waals surface area contributed by atoms with E-state index in [1.165, 1.54) is 0 Å². The number of halogens is 1. The minimum Gasteiger partial charge on any atom is -0.491 e. The molecule has 0 amide bonds. The first-order chi connectivity index (χ1) is 12.3. The van der Waals surface area contributed by atoms with Crippen LogP contribution in [0.4, 0.5) is 4.79 Å². The molecule has 1 saturated carbocycles. The first-order valence-corrected chi connectivity index (χ1v) is 10.1. The zero-order chi connectivity index (χ0) is 18.9. The van der Waals surface area contributed by atoms with E-state index in [9.17, 15) is 4.79 Å². The third-order valence-electron chi connectivity index (χ3n) is 4.17. The van der Waals surface area contributed by atoms with Gasteiger partial charge in [-0.15, -0.1) is 0 Å². The number of rotatable bonds is 6. The summed E-state index contributed by atoms with van der Waals surface area (Å²) in [6.07, 6.45) is 4.15. The van der Waals surface area contributed by atoms with E-state index < -0.39 is 5.60 Å². The fraction of sp³-hybridized carbons (Fsp3) is 0.550. The molecule has 0 aliphatic heterocycles. The first kappa shape index (κ1) is 19.2. The smallest absolute Gasteiger partial charge is 0.419 e. The molecule has 1 heterocycles. The molecule has 3 rings (SSSR count). The Kier molecular flexibility index (Phi) is 5.63. The quantitative estimate of drug-likeness (QED) is 0.473. The van der Waals surface area contributed by atoms with E-state index in [0.717, 1.165) is 40.6 Å². The van der Waals surface area contributed by atoms with E-state index in [1.54, 1.807) is 10.8 Å². The number of aryl methyl sites for hydroxylation is 1. The standard InChI is InChI=1S/C20H26BrNO4/c1-13-11-17(25-10-9-24-14-5-6-14)16(12-21)15-7-8-22(18(13)15)19(23)26-20(2,3)4/h7-8,11,14H,5-6,9-10,12H2,1-4H3. The summed E-state index contributed by atoms with van der Waals surface area (Å²) in [5.41, 5.74) is 2.32. The molecule has 26 heavy (non-hydrogen) atoms. The Bertz CT molecular complexity index is 802. The summed E-state index contributed by atoms with van der Waals surface area (Å²) in [4.78, 5) is 12.5. The van der Waals surface area contributed by atoms with Gasteiger partial charge in [-0.1, -0.05) is 15.9 Å². The topological polar surface area (TPSA) is 49.7 Å². The number of aromatic nitrogens is 1. The molecule has 1 aromatic carbocycles. The average molecular weight is 424 g/mol. The number of fused-ring (bicyclic) bond motifs is 1. The summed E-state index contributed by atoms with van der Waals surface area (Å²) in [7, 11) is 0. The van der Waals surface area contributed by atoms with Crippen molar-refractivity contribution in [1.29, 1.82) is 0 Å². The number of carbonyl (C=O) groups is 1. The van der Waals surface area contributed by atoms with E-state index in [0.29, 0.717) is 24.6 Å². The maximum Gasteiger partial charge on any atom is 0.419 e. The number of hydrogen-bond donors (Lipinski definition) is 0. The van der Waals surface area contributed by atoms with Gasteiger partial charge < -0.3 is 14.2 Å². The van der Waals surface area contributed by atoms with Crippen LogP contribution < -0.4 is 4.74 Å². The summed E-state index contributed by atoms with van der Waals surface area (Å²) < 4.78 is 18.7. The molecule has 0 saturated heterocycles. The van der Waals surface area contributed by atoms with Gasteiger partial charge >= 0.3 is 6.09 Å². The maximum absolute atomic E-state index is 12.5. The molecule has 0 bridgehead atoms. The summed E-state index contributed by atoms with van der Waals surface area (Å²) >= 11 is 3.55. The number of ether oxygens (including phenoxy) is 3. The number of carbonyl (C=O) groups excluding carboxylic acids is 1. The van der Waals surface area contributed by atoms with Gasteiger partial charge in [0.15, 0.2) is 0 Å². The Hall–Kier alpha value is -1.53. The van der Waals surface area contributed by atoms with Gasteiger partial charge in [0.25, 0.3) is 0 Å². The number of hydrogen-bond acceptors (Lipinski definition) is 4. The van der Waals surface area contributed by atoms with Crippen molar-refractivity contribution in [1.82, 2.24) is 4.57 Å². The van der Waals surface area contributed by atoms with Crippen molar-refractivity contribution in [3.8, 4) is 5.75 Å². The fourth-order valence-electron chi connectivity index (χ4n) is 2.89. The van der Waals surface area contributed by atoms with Crippen molar-refractivity contribution in [2.24, 2.45) is 0 Å². The van der Waals surface area contributed by atoms with Crippen LogP contribution >= 0.6 is 15.9 Å². The molecule has 0 spiro atoms. The Morgan fingerprint density at radius 2 is 2.04 bits per heavy atom. The molecule has 1 aliphatic rings. The van der Waals surface area contributed by atoms with Crippen molar-refractivity contribution < 1.29 is 19.0 Å². The highest BCUT2D eigenvalue weighted by atomic mass is 79.9. The van der Waals surface area contributed by atoms with Gasteiger partial charge in [0.1, 0.15) is 18.0 Å². The SMILES string of the molecule is Cc1cc(OCCOC2CC2)c(CBr)c2ccn(C(=O)OC(C)(C)C)c12. The van der Waals surface area contributed by atoms with Gasteiger partial charge in [-0.3, -0.25) is 4.57 Å².